The number of hydrogen-bond donors (Lipinski definition) is 0. The van der Waals surface area contributed by atoms with Gasteiger partial charge >= 0.3 is 0 Å². The number of amides is 1. The molecule has 0 fully saturated rings. The molecule has 2 aromatic carbocycles. The third-order valence-electron chi connectivity index (χ3n) is 5.04. The number of methoxy groups -OCH3 is 1. The summed E-state index contributed by atoms with van der Waals surface area (Å²) in [5.41, 5.74) is 3.63. The van der Waals surface area contributed by atoms with Gasteiger partial charge in [0.15, 0.2) is 6.10 Å². The van der Waals surface area contributed by atoms with Crippen molar-refractivity contribution in [3.63, 3.8) is 0 Å². The molecule has 0 bridgehead atoms. The molecule has 0 aliphatic heterocycles. The molecule has 6 heteroatoms. The van der Waals surface area contributed by atoms with Crippen LogP contribution in [-0.2, 0) is 22.6 Å². The molecule has 0 aliphatic rings. The Morgan fingerprint density at radius 1 is 0.935 bits per heavy atom. The summed E-state index contributed by atoms with van der Waals surface area (Å²) in [5, 5.41) is 4.46. The lowest BCUT2D eigenvalue weighted by Gasteiger charge is -2.27. The highest BCUT2D eigenvalue weighted by Crippen LogP contribution is 2.23. The Kier molecular flexibility index (Phi) is 6.50. The van der Waals surface area contributed by atoms with E-state index in [1.54, 1.807) is 30.6 Å². The van der Waals surface area contributed by atoms with Gasteiger partial charge in [-0.2, -0.15) is 5.10 Å². The van der Waals surface area contributed by atoms with Crippen molar-refractivity contribution in [1.29, 1.82) is 0 Å². The predicted molar refractivity (Wildman–Crippen MR) is 118 cm³/mol. The molecular weight excluding hydrogens is 388 g/mol. The van der Waals surface area contributed by atoms with Gasteiger partial charge in [-0.15, -0.1) is 0 Å². The molecule has 2 aromatic heterocycles. The maximum atomic E-state index is 13.6. The van der Waals surface area contributed by atoms with Gasteiger partial charge in [-0.3, -0.25) is 9.78 Å². The standard InChI is InChI=1S/C25H24N4O2/c1-31-24(21-10-4-2-5-11-21)25(30)28(18-20-9-8-15-26-17-20)19-23-14-16-27-29(23)22-12-6-3-7-13-22/h2-17,24H,18-19H2,1H3. The van der Waals surface area contributed by atoms with E-state index < -0.39 is 6.10 Å². The van der Waals surface area contributed by atoms with Gasteiger partial charge in [-0.25, -0.2) is 4.68 Å². The average Bonchev–Trinajstić information content (AvgIpc) is 3.29. The first-order valence-electron chi connectivity index (χ1n) is 10.1. The summed E-state index contributed by atoms with van der Waals surface area (Å²) in [5.74, 6) is -0.113. The van der Waals surface area contributed by atoms with E-state index >= 15 is 0 Å². The number of nitrogens with zero attached hydrogens (tertiary/aromatic N) is 4. The number of benzene rings is 2. The van der Waals surface area contributed by atoms with E-state index in [1.807, 2.05) is 83.5 Å². The fourth-order valence-electron chi connectivity index (χ4n) is 3.54. The summed E-state index contributed by atoms with van der Waals surface area (Å²) >= 11 is 0. The van der Waals surface area contributed by atoms with Gasteiger partial charge in [-0.05, 0) is 35.4 Å². The third-order valence-corrected chi connectivity index (χ3v) is 5.04. The first kappa shape index (κ1) is 20.5. The van der Waals surface area contributed by atoms with Crippen LogP contribution >= 0.6 is 0 Å². The second-order valence-corrected chi connectivity index (χ2v) is 7.15. The molecule has 2 heterocycles. The molecule has 0 saturated carbocycles. The number of aromatic nitrogens is 3. The molecule has 0 saturated heterocycles. The number of pyridine rings is 1. The van der Waals surface area contributed by atoms with Gasteiger partial charge in [0.2, 0.25) is 0 Å². The highest BCUT2D eigenvalue weighted by Gasteiger charge is 2.27. The van der Waals surface area contributed by atoms with Crippen molar-refractivity contribution >= 4 is 5.91 Å². The van der Waals surface area contributed by atoms with Gasteiger partial charge in [0, 0.05) is 32.2 Å². The molecule has 0 aliphatic carbocycles. The Bertz CT molecular complexity index is 1100. The van der Waals surface area contributed by atoms with Crippen molar-refractivity contribution in [2.24, 2.45) is 0 Å². The SMILES string of the molecule is COC(C(=O)N(Cc1cccnc1)Cc1ccnn1-c1ccccc1)c1ccccc1. The molecule has 0 N–H and O–H groups in total. The normalized spacial score (nSPS) is 11.8. The number of rotatable bonds is 8. The zero-order valence-electron chi connectivity index (χ0n) is 17.3. The van der Waals surface area contributed by atoms with E-state index in [0.29, 0.717) is 13.1 Å². The van der Waals surface area contributed by atoms with E-state index in [-0.39, 0.29) is 5.91 Å². The molecule has 4 aromatic rings. The number of hydrogen-bond acceptors (Lipinski definition) is 4. The quantitative estimate of drug-likeness (QED) is 0.436. The summed E-state index contributed by atoms with van der Waals surface area (Å²) in [6.45, 7) is 0.800. The van der Waals surface area contributed by atoms with E-state index in [9.17, 15) is 4.79 Å². The van der Waals surface area contributed by atoms with Gasteiger partial charge in [0.05, 0.1) is 17.9 Å². The first-order valence-corrected chi connectivity index (χ1v) is 10.1. The van der Waals surface area contributed by atoms with Crippen LogP contribution in [0, 0.1) is 0 Å². The minimum absolute atomic E-state index is 0.113. The van der Waals surface area contributed by atoms with Crippen LogP contribution in [0.25, 0.3) is 5.69 Å². The number of ether oxygens (including phenoxy) is 1. The zero-order chi connectivity index (χ0) is 21.5. The maximum Gasteiger partial charge on any atom is 0.256 e. The summed E-state index contributed by atoms with van der Waals surface area (Å²) in [4.78, 5) is 19.6. The van der Waals surface area contributed by atoms with Gasteiger partial charge in [-0.1, -0.05) is 54.6 Å². The lowest BCUT2D eigenvalue weighted by Crippen LogP contribution is -2.35. The molecule has 1 amide bonds. The zero-order valence-corrected chi connectivity index (χ0v) is 17.3. The molecule has 31 heavy (non-hydrogen) atoms. The highest BCUT2D eigenvalue weighted by molar-refractivity contribution is 5.82. The van der Waals surface area contributed by atoms with Crippen LogP contribution in [0.4, 0.5) is 0 Å². The smallest absolute Gasteiger partial charge is 0.256 e. The van der Waals surface area contributed by atoms with E-state index in [2.05, 4.69) is 10.1 Å². The van der Waals surface area contributed by atoms with Gasteiger partial charge < -0.3 is 9.64 Å². The number of carbonyl (C=O) groups excluding carboxylic acids is 1. The summed E-state index contributed by atoms with van der Waals surface area (Å²) < 4.78 is 7.48. The molecule has 1 atom stereocenters. The van der Waals surface area contributed by atoms with Crippen molar-refractivity contribution < 1.29 is 9.53 Å². The largest absolute Gasteiger partial charge is 0.367 e. The topological polar surface area (TPSA) is 60.2 Å². The van der Waals surface area contributed by atoms with Crippen molar-refractivity contribution in [3.8, 4) is 5.69 Å². The summed E-state index contributed by atoms with van der Waals surface area (Å²) in [7, 11) is 1.56. The van der Waals surface area contributed by atoms with Crippen LogP contribution in [0.5, 0.6) is 0 Å². The van der Waals surface area contributed by atoms with E-state index in [1.165, 1.54) is 0 Å². The fraction of sp³-hybridized carbons (Fsp3) is 0.160. The van der Waals surface area contributed by atoms with Crippen LogP contribution in [-0.4, -0.2) is 32.7 Å². The summed E-state index contributed by atoms with van der Waals surface area (Å²) in [6, 6.07) is 25.2. The maximum absolute atomic E-state index is 13.6. The van der Waals surface area contributed by atoms with Crippen molar-refractivity contribution in [1.82, 2.24) is 19.7 Å². The minimum Gasteiger partial charge on any atom is -0.367 e. The Hall–Kier alpha value is -3.77. The van der Waals surface area contributed by atoms with Crippen LogP contribution in [0.3, 0.4) is 0 Å². The van der Waals surface area contributed by atoms with Crippen LogP contribution in [0.15, 0.2) is 97.5 Å². The lowest BCUT2D eigenvalue weighted by atomic mass is 10.1. The third kappa shape index (κ3) is 4.87. The lowest BCUT2D eigenvalue weighted by molar-refractivity contribution is -0.143. The summed E-state index contributed by atoms with van der Waals surface area (Å²) in [6.07, 6.45) is 4.56. The number of para-hydroxylation sites is 1. The Labute approximate surface area is 181 Å². The molecule has 0 spiro atoms. The van der Waals surface area contributed by atoms with Crippen molar-refractivity contribution in [2.45, 2.75) is 19.2 Å². The molecule has 156 valence electrons. The first-order chi connectivity index (χ1) is 15.3. The predicted octanol–water partition coefficient (Wildman–Crippen LogP) is 4.18. The van der Waals surface area contributed by atoms with Gasteiger partial charge in [0.1, 0.15) is 0 Å². The average molecular weight is 412 g/mol. The van der Waals surface area contributed by atoms with E-state index in [4.69, 9.17) is 4.74 Å². The van der Waals surface area contributed by atoms with E-state index in [0.717, 1.165) is 22.5 Å². The molecule has 0 radical (unpaired) electrons. The molecular formula is C25H24N4O2. The molecule has 1 unspecified atom stereocenters. The number of carbonyl (C=O) groups is 1. The van der Waals surface area contributed by atoms with Crippen molar-refractivity contribution in [2.75, 3.05) is 7.11 Å². The Balaban J connectivity index is 1.65. The highest BCUT2D eigenvalue weighted by atomic mass is 16.5. The minimum atomic E-state index is -0.689. The van der Waals surface area contributed by atoms with Crippen LogP contribution in [0.2, 0.25) is 0 Å². The molecule has 4 rings (SSSR count). The second kappa shape index (κ2) is 9.82. The monoisotopic (exact) mass is 412 g/mol. The molecule has 6 nitrogen and oxygen atoms in total. The van der Waals surface area contributed by atoms with Crippen LogP contribution < -0.4 is 0 Å². The van der Waals surface area contributed by atoms with Crippen LogP contribution in [0.1, 0.15) is 22.9 Å². The van der Waals surface area contributed by atoms with Crippen molar-refractivity contribution in [3.05, 3.63) is 114 Å². The van der Waals surface area contributed by atoms with Gasteiger partial charge in [0.25, 0.3) is 5.91 Å². The Morgan fingerprint density at radius 3 is 2.35 bits per heavy atom. The fourth-order valence-corrected chi connectivity index (χ4v) is 3.54. The Morgan fingerprint density at radius 2 is 1.68 bits per heavy atom. The second-order valence-electron chi connectivity index (χ2n) is 7.15.